The number of nitrogens with zero attached hydrogens (tertiary/aromatic N) is 3. The third kappa shape index (κ3) is 4.23. The molecule has 1 amide bonds. The third-order valence-electron chi connectivity index (χ3n) is 7.12. The predicted octanol–water partition coefficient (Wildman–Crippen LogP) is 4.01. The average Bonchev–Trinajstić information content (AvgIpc) is 3.28. The number of hydrogen-bond donors (Lipinski definition) is 2. The molecule has 174 valence electrons. The van der Waals surface area contributed by atoms with Crippen molar-refractivity contribution < 1.29 is 26.7 Å². The van der Waals surface area contributed by atoms with Crippen molar-refractivity contribution in [3.63, 3.8) is 0 Å². The quantitative estimate of drug-likeness (QED) is 0.634. The number of carbonyl (C=O) groups excluding carboxylic acids is 1. The standard InChI is InChI=1S/C21H25F3N4O3S/c22-21(23,24)15-3-4-17(28(32(30)31)27-11-1-2-12-27)16(13-15)18(29)26-20-8-5-19(14-25,6-9-20)7-10-20/h3-4,13H,1-2,5-12H2,(H,26,29)(H,30,31). The Kier molecular flexibility index (Phi) is 5.98. The molecular formula is C21H25F3N4O3S. The molecule has 3 saturated carbocycles. The average molecular weight is 471 g/mol. The molecule has 1 heterocycles. The number of nitriles is 1. The van der Waals surface area contributed by atoms with Crippen LogP contribution in [0.15, 0.2) is 18.2 Å². The normalized spacial score (nSPS) is 28.8. The van der Waals surface area contributed by atoms with E-state index >= 15 is 0 Å². The van der Waals surface area contributed by atoms with Gasteiger partial charge in [-0.15, -0.1) is 0 Å². The number of nitrogens with one attached hydrogen (secondary N) is 1. The highest BCUT2D eigenvalue weighted by Gasteiger charge is 2.50. The molecule has 5 rings (SSSR count). The molecule has 4 fully saturated rings. The minimum absolute atomic E-state index is 0.0346. The van der Waals surface area contributed by atoms with Gasteiger partial charge in [-0.3, -0.25) is 9.35 Å². The van der Waals surface area contributed by atoms with Gasteiger partial charge < -0.3 is 5.32 Å². The van der Waals surface area contributed by atoms with Gasteiger partial charge in [-0.1, -0.05) is 0 Å². The zero-order valence-electron chi connectivity index (χ0n) is 17.5. The Morgan fingerprint density at radius 1 is 1.16 bits per heavy atom. The molecule has 0 aromatic heterocycles. The highest BCUT2D eigenvalue weighted by atomic mass is 32.2. The molecule has 11 heteroatoms. The van der Waals surface area contributed by atoms with Crippen LogP contribution >= 0.6 is 0 Å². The zero-order valence-corrected chi connectivity index (χ0v) is 18.3. The van der Waals surface area contributed by atoms with Crippen LogP contribution in [0.2, 0.25) is 0 Å². The molecule has 1 aromatic rings. The maximum atomic E-state index is 13.4. The van der Waals surface area contributed by atoms with Gasteiger partial charge in [0, 0.05) is 18.6 Å². The lowest BCUT2D eigenvalue weighted by Gasteiger charge is -2.50. The number of fused-ring (bicyclic) bond motifs is 3. The molecule has 7 nitrogen and oxygen atoms in total. The van der Waals surface area contributed by atoms with Crippen LogP contribution in [0.3, 0.4) is 0 Å². The molecule has 4 aliphatic rings. The Balaban J connectivity index is 1.68. The van der Waals surface area contributed by atoms with E-state index in [9.17, 15) is 32.0 Å². The summed E-state index contributed by atoms with van der Waals surface area (Å²) in [5.41, 5.74) is -2.25. The largest absolute Gasteiger partial charge is 0.416 e. The highest BCUT2D eigenvalue weighted by molar-refractivity contribution is 7.80. The van der Waals surface area contributed by atoms with Gasteiger partial charge in [0.1, 0.15) is 0 Å². The summed E-state index contributed by atoms with van der Waals surface area (Å²) in [5, 5.41) is 14.0. The maximum Gasteiger partial charge on any atom is 0.416 e. The summed E-state index contributed by atoms with van der Waals surface area (Å²) in [7, 11) is 0. The van der Waals surface area contributed by atoms with E-state index < -0.39 is 34.5 Å². The minimum atomic E-state index is -4.66. The van der Waals surface area contributed by atoms with E-state index in [1.807, 2.05) is 0 Å². The third-order valence-corrected chi connectivity index (χ3v) is 7.85. The molecule has 1 aliphatic heterocycles. The van der Waals surface area contributed by atoms with E-state index in [1.165, 1.54) is 0 Å². The second-order valence-corrected chi connectivity index (χ2v) is 9.83. The lowest BCUT2D eigenvalue weighted by molar-refractivity contribution is -0.137. The van der Waals surface area contributed by atoms with Crippen molar-refractivity contribution in [2.75, 3.05) is 17.5 Å². The number of halogens is 3. The van der Waals surface area contributed by atoms with Crippen LogP contribution < -0.4 is 9.73 Å². The summed E-state index contributed by atoms with van der Waals surface area (Å²) < 4.78 is 63.3. The molecule has 2 N–H and O–H groups in total. The number of carbonyl (C=O) groups is 1. The van der Waals surface area contributed by atoms with Gasteiger partial charge in [0.2, 0.25) is 0 Å². The van der Waals surface area contributed by atoms with Crippen LogP contribution in [-0.2, 0) is 17.4 Å². The van der Waals surface area contributed by atoms with Crippen LogP contribution in [0.4, 0.5) is 18.9 Å². The van der Waals surface area contributed by atoms with Crippen molar-refractivity contribution in [2.45, 2.75) is 63.1 Å². The van der Waals surface area contributed by atoms with Crippen molar-refractivity contribution in [1.29, 1.82) is 5.26 Å². The Bertz CT molecular complexity index is 947. The first-order valence-electron chi connectivity index (χ1n) is 10.7. The van der Waals surface area contributed by atoms with Crippen LogP contribution in [0.25, 0.3) is 0 Å². The van der Waals surface area contributed by atoms with Crippen LogP contribution in [0, 0.1) is 16.7 Å². The summed E-state index contributed by atoms with van der Waals surface area (Å²) in [6.07, 6.45) is 0.566. The number of hydrazine groups is 1. The summed E-state index contributed by atoms with van der Waals surface area (Å²) in [6, 6.07) is 5.05. The van der Waals surface area contributed by atoms with E-state index in [2.05, 4.69) is 11.4 Å². The number of alkyl halides is 3. The maximum absolute atomic E-state index is 13.4. The van der Waals surface area contributed by atoms with E-state index in [0.717, 1.165) is 35.5 Å². The first-order valence-corrected chi connectivity index (χ1v) is 11.8. The van der Waals surface area contributed by atoms with Gasteiger partial charge in [0.25, 0.3) is 17.2 Å². The predicted molar refractivity (Wildman–Crippen MR) is 111 cm³/mol. The monoisotopic (exact) mass is 470 g/mol. The van der Waals surface area contributed by atoms with Crippen molar-refractivity contribution in [3.8, 4) is 6.07 Å². The molecule has 3 aliphatic carbocycles. The Labute approximate surface area is 186 Å². The van der Waals surface area contributed by atoms with E-state index in [0.29, 0.717) is 51.6 Å². The topological polar surface area (TPSA) is 96.7 Å². The van der Waals surface area contributed by atoms with Crippen LogP contribution in [-0.4, -0.2) is 38.3 Å². The summed E-state index contributed by atoms with van der Waals surface area (Å²) in [4.78, 5) is 13.3. The Morgan fingerprint density at radius 3 is 2.25 bits per heavy atom. The number of benzene rings is 1. The summed E-state index contributed by atoms with van der Waals surface area (Å²) in [5.74, 6) is -0.702. The SMILES string of the molecule is N#CC12CCC(NC(=O)c3cc(C(F)(F)F)ccc3N(N3CCCC3)S(=O)O)(CC1)CC2. The van der Waals surface area contributed by atoms with Crippen LogP contribution in [0.5, 0.6) is 0 Å². The van der Waals surface area contributed by atoms with Crippen LogP contribution in [0.1, 0.15) is 67.3 Å². The fourth-order valence-corrected chi connectivity index (χ4v) is 5.82. The van der Waals surface area contributed by atoms with Gasteiger partial charge in [0.15, 0.2) is 0 Å². The fraction of sp³-hybridized carbons (Fsp3) is 0.619. The molecule has 1 aromatic carbocycles. The molecule has 1 atom stereocenters. The number of rotatable bonds is 5. The van der Waals surface area contributed by atoms with Gasteiger partial charge >= 0.3 is 6.18 Å². The number of amides is 1. The second kappa shape index (κ2) is 8.32. The Hall–Kier alpha value is -2.16. The lowest BCUT2D eigenvalue weighted by Crippen LogP contribution is -2.56. The van der Waals surface area contributed by atoms with E-state index in [1.54, 1.807) is 5.01 Å². The van der Waals surface area contributed by atoms with Crippen molar-refractivity contribution in [3.05, 3.63) is 29.3 Å². The molecule has 2 bridgehead atoms. The molecular weight excluding hydrogens is 445 g/mol. The van der Waals surface area contributed by atoms with Crippen molar-refractivity contribution >= 4 is 22.9 Å². The van der Waals surface area contributed by atoms with Gasteiger partial charge in [0.05, 0.1) is 28.3 Å². The molecule has 1 saturated heterocycles. The molecule has 0 radical (unpaired) electrons. The lowest BCUT2D eigenvalue weighted by atomic mass is 9.58. The highest BCUT2D eigenvalue weighted by Crippen LogP contribution is 2.52. The molecule has 0 spiro atoms. The summed E-state index contributed by atoms with van der Waals surface area (Å²) in [6.45, 7) is 0.934. The van der Waals surface area contributed by atoms with Gasteiger partial charge in [-0.05, 0) is 69.6 Å². The van der Waals surface area contributed by atoms with Gasteiger partial charge in [-0.2, -0.15) is 22.8 Å². The minimum Gasteiger partial charge on any atom is -0.347 e. The fourth-order valence-electron chi connectivity index (χ4n) is 5.13. The van der Waals surface area contributed by atoms with Crippen molar-refractivity contribution in [2.24, 2.45) is 5.41 Å². The first-order chi connectivity index (χ1) is 15.1. The molecule has 1 unspecified atom stereocenters. The van der Waals surface area contributed by atoms with E-state index in [-0.39, 0.29) is 16.7 Å². The molecule has 32 heavy (non-hydrogen) atoms. The van der Waals surface area contributed by atoms with E-state index in [4.69, 9.17) is 0 Å². The second-order valence-electron chi connectivity index (χ2n) is 9.02. The Morgan fingerprint density at radius 2 is 1.75 bits per heavy atom. The smallest absolute Gasteiger partial charge is 0.347 e. The number of hydrogen-bond acceptors (Lipinski definition) is 4. The summed E-state index contributed by atoms with van der Waals surface area (Å²) >= 11 is -2.55. The first kappa shape index (κ1) is 23.0. The zero-order chi connectivity index (χ0) is 23.1. The van der Waals surface area contributed by atoms with Gasteiger partial charge in [-0.25, -0.2) is 9.22 Å². The number of anilines is 1. The van der Waals surface area contributed by atoms with Crippen molar-refractivity contribution in [1.82, 2.24) is 10.3 Å².